The summed E-state index contributed by atoms with van der Waals surface area (Å²) >= 11 is 0. The second-order valence-electron chi connectivity index (χ2n) is 3.88. The molecule has 1 fully saturated rings. The van der Waals surface area contributed by atoms with Crippen molar-refractivity contribution in [3.63, 3.8) is 0 Å². The number of phosphoric ester groups is 1. The molecule has 1 aliphatic carbocycles. The summed E-state index contributed by atoms with van der Waals surface area (Å²) in [5.41, 5.74) is 0. The van der Waals surface area contributed by atoms with Gasteiger partial charge in [-0.3, -0.25) is 4.52 Å². The van der Waals surface area contributed by atoms with E-state index in [0.717, 1.165) is 12.5 Å². The van der Waals surface area contributed by atoms with Gasteiger partial charge in [0.05, 0.1) is 6.61 Å². The van der Waals surface area contributed by atoms with Gasteiger partial charge < -0.3 is 14.7 Å². The largest absolute Gasteiger partial charge is 0.469 e. The van der Waals surface area contributed by atoms with Gasteiger partial charge in [0.1, 0.15) is 0 Å². The van der Waals surface area contributed by atoms with Gasteiger partial charge in [-0.2, -0.15) is 0 Å². The van der Waals surface area contributed by atoms with Crippen LogP contribution in [0.3, 0.4) is 0 Å². The molecule has 0 amide bonds. The van der Waals surface area contributed by atoms with Gasteiger partial charge in [-0.25, -0.2) is 4.57 Å². The highest BCUT2D eigenvalue weighted by Crippen LogP contribution is 2.35. The van der Waals surface area contributed by atoms with Crippen LogP contribution in [0.15, 0.2) is 0 Å². The molecule has 14 heavy (non-hydrogen) atoms. The summed E-state index contributed by atoms with van der Waals surface area (Å²) < 4.78 is 14.7. The monoisotopic (exact) mass is 223 g/mol. The molecule has 1 saturated carbocycles. The van der Waals surface area contributed by atoms with Crippen LogP contribution in [-0.4, -0.2) is 41.4 Å². The maximum atomic E-state index is 10.4. The Labute approximate surface area is 84.3 Å². The quantitative estimate of drug-likeness (QED) is 0.652. The number of likely N-dealkylation sites (N-methyl/N-ethyl adjacent to an activating group) is 1. The van der Waals surface area contributed by atoms with Crippen molar-refractivity contribution >= 4 is 7.82 Å². The van der Waals surface area contributed by atoms with E-state index in [1.807, 2.05) is 7.05 Å². The van der Waals surface area contributed by atoms with Gasteiger partial charge >= 0.3 is 7.82 Å². The smallest absolute Gasteiger partial charge is 0.304 e. The van der Waals surface area contributed by atoms with Crippen molar-refractivity contribution in [3.05, 3.63) is 0 Å². The van der Waals surface area contributed by atoms with Crippen molar-refractivity contribution in [2.24, 2.45) is 5.92 Å². The molecule has 1 aliphatic rings. The van der Waals surface area contributed by atoms with E-state index in [2.05, 4.69) is 9.42 Å². The molecule has 0 bridgehead atoms. The highest BCUT2D eigenvalue weighted by atomic mass is 31.2. The predicted molar refractivity (Wildman–Crippen MR) is 52.8 cm³/mol. The second-order valence-corrected chi connectivity index (χ2v) is 5.12. The van der Waals surface area contributed by atoms with Crippen molar-refractivity contribution in [2.75, 3.05) is 26.7 Å². The normalized spacial score (nSPS) is 18.6. The molecule has 6 heteroatoms. The molecule has 5 nitrogen and oxygen atoms in total. The van der Waals surface area contributed by atoms with Gasteiger partial charge in [-0.1, -0.05) is 6.42 Å². The molecular weight excluding hydrogens is 205 g/mol. The van der Waals surface area contributed by atoms with Gasteiger partial charge in [0.2, 0.25) is 0 Å². The van der Waals surface area contributed by atoms with Crippen molar-refractivity contribution in [2.45, 2.75) is 19.3 Å². The lowest BCUT2D eigenvalue weighted by atomic mass is 9.85. The standard InChI is InChI=1S/C8H18NO4P/c1-9(7-8-3-2-4-8)5-6-13-14(10,11)12/h8H,2-7H2,1H3,(H2,10,11,12). The summed E-state index contributed by atoms with van der Waals surface area (Å²) in [5.74, 6) is 0.773. The average Bonchev–Trinajstić information content (AvgIpc) is 1.94. The molecule has 0 aromatic carbocycles. The van der Waals surface area contributed by atoms with E-state index in [0.29, 0.717) is 6.54 Å². The Morgan fingerprint density at radius 2 is 2.14 bits per heavy atom. The van der Waals surface area contributed by atoms with Crippen LogP contribution in [0.4, 0.5) is 0 Å². The van der Waals surface area contributed by atoms with Gasteiger partial charge in [-0.15, -0.1) is 0 Å². The maximum absolute atomic E-state index is 10.4. The highest BCUT2D eigenvalue weighted by molar-refractivity contribution is 7.46. The molecule has 0 unspecified atom stereocenters. The van der Waals surface area contributed by atoms with Crippen LogP contribution in [0, 0.1) is 5.92 Å². The Balaban J connectivity index is 2.02. The number of rotatable bonds is 6. The molecular formula is C8H18NO4P. The van der Waals surface area contributed by atoms with Crippen molar-refractivity contribution in [1.82, 2.24) is 4.90 Å². The number of hydrogen-bond acceptors (Lipinski definition) is 3. The molecule has 2 N–H and O–H groups in total. The van der Waals surface area contributed by atoms with Crippen LogP contribution in [0.2, 0.25) is 0 Å². The summed E-state index contributed by atoms with van der Waals surface area (Å²) in [6.07, 6.45) is 3.88. The third kappa shape index (κ3) is 5.08. The number of nitrogens with zero attached hydrogens (tertiary/aromatic N) is 1. The first-order valence-corrected chi connectivity index (χ1v) is 6.39. The van der Waals surface area contributed by atoms with Gasteiger partial charge in [0.15, 0.2) is 0 Å². The predicted octanol–water partition coefficient (Wildman–Crippen LogP) is 0.828. The Bertz CT molecular complexity index is 213. The molecule has 1 rings (SSSR count). The summed E-state index contributed by atoms with van der Waals surface area (Å²) in [6, 6.07) is 0. The fraction of sp³-hybridized carbons (Fsp3) is 1.00. The lowest BCUT2D eigenvalue weighted by Gasteiger charge is -2.29. The van der Waals surface area contributed by atoms with Crippen molar-refractivity contribution < 1.29 is 18.9 Å². The Morgan fingerprint density at radius 1 is 1.50 bits per heavy atom. The molecule has 0 spiro atoms. The summed E-state index contributed by atoms with van der Waals surface area (Å²) in [5, 5.41) is 0. The number of hydrogen-bond donors (Lipinski definition) is 2. The summed E-state index contributed by atoms with van der Waals surface area (Å²) in [7, 11) is -2.33. The second kappa shape index (κ2) is 5.24. The first-order valence-electron chi connectivity index (χ1n) is 4.86. The van der Waals surface area contributed by atoms with E-state index in [4.69, 9.17) is 9.79 Å². The van der Waals surface area contributed by atoms with Gasteiger partial charge in [0.25, 0.3) is 0 Å². The molecule has 84 valence electrons. The zero-order valence-electron chi connectivity index (χ0n) is 8.43. The molecule has 0 heterocycles. The van der Waals surface area contributed by atoms with Gasteiger partial charge in [-0.05, 0) is 25.8 Å². The fourth-order valence-electron chi connectivity index (χ4n) is 1.52. The van der Waals surface area contributed by atoms with E-state index < -0.39 is 7.82 Å². The first-order chi connectivity index (χ1) is 6.47. The van der Waals surface area contributed by atoms with E-state index >= 15 is 0 Å². The van der Waals surface area contributed by atoms with Crippen LogP contribution in [-0.2, 0) is 9.09 Å². The van der Waals surface area contributed by atoms with Crippen LogP contribution in [0.25, 0.3) is 0 Å². The fourth-order valence-corrected chi connectivity index (χ4v) is 1.84. The molecule has 0 aromatic rings. The average molecular weight is 223 g/mol. The third-order valence-electron chi connectivity index (χ3n) is 2.53. The Hall–Kier alpha value is 0.0700. The molecule has 0 radical (unpaired) electrons. The van der Waals surface area contributed by atoms with E-state index in [1.54, 1.807) is 0 Å². The molecule has 0 saturated heterocycles. The molecule has 0 atom stereocenters. The van der Waals surface area contributed by atoms with Crippen LogP contribution >= 0.6 is 7.82 Å². The minimum absolute atomic E-state index is 0.0908. The van der Waals surface area contributed by atoms with Crippen LogP contribution in [0.1, 0.15) is 19.3 Å². The Morgan fingerprint density at radius 3 is 2.57 bits per heavy atom. The highest BCUT2D eigenvalue weighted by Gasteiger charge is 2.19. The van der Waals surface area contributed by atoms with Crippen molar-refractivity contribution in [1.29, 1.82) is 0 Å². The maximum Gasteiger partial charge on any atom is 0.469 e. The number of phosphoric acid groups is 1. The lowest BCUT2D eigenvalue weighted by molar-refractivity contribution is 0.150. The zero-order chi connectivity index (χ0) is 10.6. The van der Waals surface area contributed by atoms with Crippen molar-refractivity contribution in [3.8, 4) is 0 Å². The SMILES string of the molecule is CN(CCOP(=O)(O)O)CC1CCC1. The van der Waals surface area contributed by atoms with E-state index in [1.165, 1.54) is 19.3 Å². The minimum Gasteiger partial charge on any atom is -0.304 e. The minimum atomic E-state index is -4.28. The zero-order valence-corrected chi connectivity index (χ0v) is 9.32. The summed E-state index contributed by atoms with van der Waals surface area (Å²) in [6.45, 7) is 1.67. The molecule has 0 aromatic heterocycles. The molecule has 0 aliphatic heterocycles. The van der Waals surface area contributed by atoms with Crippen LogP contribution in [0.5, 0.6) is 0 Å². The Kier molecular flexibility index (Phi) is 4.54. The third-order valence-corrected chi connectivity index (χ3v) is 3.05. The first kappa shape index (κ1) is 12.1. The summed E-state index contributed by atoms with van der Waals surface area (Å²) in [4.78, 5) is 18.9. The van der Waals surface area contributed by atoms with Gasteiger partial charge in [0, 0.05) is 13.1 Å². The van der Waals surface area contributed by atoms with E-state index in [9.17, 15) is 4.57 Å². The topological polar surface area (TPSA) is 70.0 Å². The lowest BCUT2D eigenvalue weighted by Crippen LogP contribution is -2.31. The van der Waals surface area contributed by atoms with E-state index in [-0.39, 0.29) is 6.61 Å². The van der Waals surface area contributed by atoms with Crippen LogP contribution < -0.4 is 0 Å².